The number of carbonyl (C=O) groups excluding carboxylic acids is 1. The second-order valence-electron chi connectivity index (χ2n) is 4.72. The van der Waals surface area contributed by atoms with Gasteiger partial charge in [-0.25, -0.2) is 0 Å². The maximum atomic E-state index is 11.8. The van der Waals surface area contributed by atoms with E-state index in [1.165, 1.54) is 0 Å². The molecule has 1 rings (SSSR count). The average molecular weight is 269 g/mol. The number of rotatable bonds is 6. The van der Waals surface area contributed by atoms with Gasteiger partial charge in [-0.05, 0) is 17.9 Å². The van der Waals surface area contributed by atoms with E-state index in [1.54, 1.807) is 12.1 Å². The lowest BCUT2D eigenvalue weighted by Crippen LogP contribution is -2.18. The number of ketones is 1. The van der Waals surface area contributed by atoms with Gasteiger partial charge in [-0.2, -0.15) is 0 Å². The third kappa shape index (κ3) is 4.49. The number of carboxylic acids is 1. The van der Waals surface area contributed by atoms with Crippen LogP contribution in [0.5, 0.6) is 0 Å². The summed E-state index contributed by atoms with van der Waals surface area (Å²) in [5.74, 6) is -0.853. The summed E-state index contributed by atoms with van der Waals surface area (Å²) in [4.78, 5) is 22.3. The van der Waals surface area contributed by atoms with Crippen LogP contribution in [-0.2, 0) is 11.2 Å². The molecule has 1 unspecified atom stereocenters. The molecule has 0 spiro atoms. The maximum absolute atomic E-state index is 11.8. The second kappa shape index (κ2) is 6.55. The Morgan fingerprint density at radius 2 is 1.78 bits per heavy atom. The fraction of sp³-hybridized carbons (Fsp3) is 0.429. The molecular formula is C14H17ClO3. The largest absolute Gasteiger partial charge is 0.481 e. The zero-order chi connectivity index (χ0) is 13.7. The predicted octanol–water partition coefficient (Wildman–Crippen LogP) is 3.15. The minimum Gasteiger partial charge on any atom is -0.481 e. The summed E-state index contributed by atoms with van der Waals surface area (Å²) in [7, 11) is 0. The van der Waals surface area contributed by atoms with Crippen molar-refractivity contribution in [3.63, 3.8) is 0 Å². The van der Waals surface area contributed by atoms with Crippen LogP contribution in [0, 0.1) is 5.92 Å². The van der Waals surface area contributed by atoms with Crippen LogP contribution in [0.1, 0.15) is 36.2 Å². The Kier molecular flexibility index (Phi) is 5.35. The van der Waals surface area contributed by atoms with E-state index >= 15 is 0 Å². The summed E-state index contributed by atoms with van der Waals surface area (Å²) < 4.78 is 0. The van der Waals surface area contributed by atoms with Crippen molar-refractivity contribution in [2.45, 2.75) is 32.1 Å². The van der Waals surface area contributed by atoms with Crippen LogP contribution in [0.3, 0.4) is 0 Å². The van der Waals surface area contributed by atoms with Crippen molar-refractivity contribution in [1.82, 2.24) is 0 Å². The number of hydrogen-bond donors (Lipinski definition) is 1. The first-order valence-electron chi connectivity index (χ1n) is 5.89. The third-order valence-electron chi connectivity index (χ3n) is 2.52. The lowest BCUT2D eigenvalue weighted by atomic mass is 9.99. The molecule has 0 radical (unpaired) electrons. The van der Waals surface area contributed by atoms with E-state index in [0.29, 0.717) is 11.5 Å². The Bertz CT molecular complexity index is 423. The Morgan fingerprint density at radius 1 is 1.22 bits per heavy atom. The van der Waals surface area contributed by atoms with Crippen molar-refractivity contribution in [3.05, 3.63) is 35.4 Å². The third-order valence-corrected chi connectivity index (χ3v) is 2.87. The van der Waals surface area contributed by atoms with Crippen LogP contribution in [0.4, 0.5) is 0 Å². The number of halogens is 1. The van der Waals surface area contributed by atoms with E-state index in [2.05, 4.69) is 13.8 Å². The van der Waals surface area contributed by atoms with Gasteiger partial charge in [-0.3, -0.25) is 9.59 Å². The standard InChI is InChI=1S/C14H17ClO3/c1-9(2)7-10-3-5-11(6-4-10)14(18)12(15)8-13(16)17/h3-6,9,12H,7-8H2,1-2H3,(H,16,17). The molecule has 0 aliphatic rings. The normalized spacial score (nSPS) is 12.4. The first kappa shape index (κ1) is 14.7. The minimum atomic E-state index is -1.07. The quantitative estimate of drug-likeness (QED) is 0.637. The lowest BCUT2D eigenvalue weighted by Gasteiger charge is -2.08. The number of aliphatic carboxylic acids is 1. The van der Waals surface area contributed by atoms with Crippen molar-refractivity contribution in [3.8, 4) is 0 Å². The highest BCUT2D eigenvalue weighted by Gasteiger charge is 2.20. The van der Waals surface area contributed by atoms with Gasteiger partial charge in [0.1, 0.15) is 5.38 Å². The Balaban J connectivity index is 2.72. The van der Waals surface area contributed by atoms with Crippen molar-refractivity contribution < 1.29 is 14.7 Å². The molecule has 0 amide bonds. The van der Waals surface area contributed by atoms with Gasteiger partial charge in [-0.1, -0.05) is 38.1 Å². The number of hydrogen-bond acceptors (Lipinski definition) is 2. The number of benzene rings is 1. The maximum Gasteiger partial charge on any atom is 0.305 e. The molecule has 98 valence electrons. The molecule has 4 heteroatoms. The summed E-state index contributed by atoms with van der Waals surface area (Å²) in [6.07, 6.45) is 0.599. The van der Waals surface area contributed by atoms with Crippen LogP contribution in [0.2, 0.25) is 0 Å². The van der Waals surface area contributed by atoms with E-state index in [4.69, 9.17) is 16.7 Å². The topological polar surface area (TPSA) is 54.4 Å². The van der Waals surface area contributed by atoms with Crippen molar-refractivity contribution in [2.24, 2.45) is 5.92 Å². The van der Waals surface area contributed by atoms with Crippen molar-refractivity contribution in [1.29, 1.82) is 0 Å². The van der Waals surface area contributed by atoms with E-state index in [9.17, 15) is 9.59 Å². The van der Waals surface area contributed by atoms with Crippen LogP contribution in [-0.4, -0.2) is 22.2 Å². The predicted molar refractivity (Wildman–Crippen MR) is 71.2 cm³/mol. The summed E-state index contributed by atoms with van der Waals surface area (Å²) >= 11 is 5.75. The summed E-state index contributed by atoms with van der Waals surface area (Å²) in [6, 6.07) is 7.18. The molecule has 0 saturated carbocycles. The van der Waals surface area contributed by atoms with Crippen LogP contribution < -0.4 is 0 Å². The number of carboxylic acid groups (broad SMARTS) is 1. The average Bonchev–Trinajstić information content (AvgIpc) is 2.27. The highest BCUT2D eigenvalue weighted by molar-refractivity contribution is 6.34. The smallest absolute Gasteiger partial charge is 0.305 e. The van der Waals surface area contributed by atoms with Crippen molar-refractivity contribution >= 4 is 23.4 Å². The molecule has 0 saturated heterocycles. The summed E-state index contributed by atoms with van der Waals surface area (Å²) in [5.41, 5.74) is 1.62. The van der Waals surface area contributed by atoms with Gasteiger partial charge < -0.3 is 5.11 Å². The molecule has 0 fully saturated rings. The van der Waals surface area contributed by atoms with Crippen LogP contribution in [0.15, 0.2) is 24.3 Å². The molecule has 0 aliphatic heterocycles. The zero-order valence-electron chi connectivity index (χ0n) is 10.5. The van der Waals surface area contributed by atoms with Gasteiger partial charge in [0, 0.05) is 5.56 Å². The Hall–Kier alpha value is -1.35. The number of carbonyl (C=O) groups is 2. The summed E-state index contributed by atoms with van der Waals surface area (Å²) in [6.45, 7) is 4.25. The Morgan fingerprint density at radius 3 is 2.22 bits per heavy atom. The molecule has 0 heterocycles. The summed E-state index contributed by atoms with van der Waals surface area (Å²) in [5, 5.41) is 7.58. The molecule has 3 nitrogen and oxygen atoms in total. The van der Waals surface area contributed by atoms with Crippen molar-refractivity contribution in [2.75, 3.05) is 0 Å². The van der Waals surface area contributed by atoms with Gasteiger partial charge in [-0.15, -0.1) is 11.6 Å². The van der Waals surface area contributed by atoms with Crippen LogP contribution in [0.25, 0.3) is 0 Å². The fourth-order valence-corrected chi connectivity index (χ4v) is 1.96. The highest BCUT2D eigenvalue weighted by atomic mass is 35.5. The second-order valence-corrected chi connectivity index (χ2v) is 5.25. The molecule has 1 atom stereocenters. The van der Waals surface area contributed by atoms with Gasteiger partial charge in [0.25, 0.3) is 0 Å². The van der Waals surface area contributed by atoms with E-state index in [1.807, 2.05) is 12.1 Å². The molecule has 18 heavy (non-hydrogen) atoms. The van der Waals surface area contributed by atoms with Gasteiger partial charge in [0.15, 0.2) is 5.78 Å². The van der Waals surface area contributed by atoms with E-state index < -0.39 is 11.3 Å². The van der Waals surface area contributed by atoms with E-state index in [0.717, 1.165) is 12.0 Å². The molecule has 1 N–H and O–H groups in total. The van der Waals surface area contributed by atoms with Gasteiger partial charge in [0.2, 0.25) is 0 Å². The number of alkyl halides is 1. The highest BCUT2D eigenvalue weighted by Crippen LogP contribution is 2.14. The minimum absolute atomic E-state index is 0.338. The molecule has 0 bridgehead atoms. The first-order chi connectivity index (χ1) is 8.40. The Labute approximate surface area is 112 Å². The molecule has 0 aromatic heterocycles. The van der Waals surface area contributed by atoms with Crippen LogP contribution >= 0.6 is 11.6 Å². The fourth-order valence-electron chi connectivity index (χ4n) is 1.70. The molecule has 1 aromatic rings. The SMILES string of the molecule is CC(C)Cc1ccc(C(=O)C(Cl)CC(=O)O)cc1. The van der Waals surface area contributed by atoms with Gasteiger partial charge >= 0.3 is 5.97 Å². The molecule has 0 aliphatic carbocycles. The molecule has 1 aromatic carbocycles. The van der Waals surface area contributed by atoms with Gasteiger partial charge in [0.05, 0.1) is 6.42 Å². The number of Topliss-reactive ketones (excluding diaryl/α,β-unsaturated/α-hetero) is 1. The monoisotopic (exact) mass is 268 g/mol. The molecular weight excluding hydrogens is 252 g/mol. The zero-order valence-corrected chi connectivity index (χ0v) is 11.3. The van der Waals surface area contributed by atoms with E-state index in [-0.39, 0.29) is 12.2 Å². The first-order valence-corrected chi connectivity index (χ1v) is 6.32. The lowest BCUT2D eigenvalue weighted by molar-refractivity contribution is -0.136.